The summed E-state index contributed by atoms with van der Waals surface area (Å²) in [5.41, 5.74) is 0.330. The largest absolute Gasteiger partial charge is 0.478 e. The van der Waals surface area contributed by atoms with Gasteiger partial charge in [0.1, 0.15) is 0 Å². The second-order valence-electron chi connectivity index (χ2n) is 5.79. The number of thioether (sulfide) groups is 1. The van der Waals surface area contributed by atoms with Crippen LogP contribution in [0.3, 0.4) is 0 Å². The molecule has 1 heterocycles. The highest BCUT2D eigenvalue weighted by atomic mass is 32.2. The average Bonchev–Trinajstić information content (AvgIpc) is 2.45. The van der Waals surface area contributed by atoms with Gasteiger partial charge >= 0.3 is 5.97 Å². The molecule has 0 saturated carbocycles. The summed E-state index contributed by atoms with van der Waals surface area (Å²) < 4.78 is 5.82. The van der Waals surface area contributed by atoms with E-state index in [1.165, 1.54) is 0 Å². The summed E-state index contributed by atoms with van der Waals surface area (Å²) in [6, 6.07) is 7.03. The molecule has 0 bridgehead atoms. The van der Waals surface area contributed by atoms with Gasteiger partial charge in [0, 0.05) is 30.3 Å². The average molecular weight is 309 g/mol. The number of rotatable bonds is 6. The van der Waals surface area contributed by atoms with Crippen molar-refractivity contribution in [3.8, 4) is 0 Å². The fourth-order valence-corrected chi connectivity index (χ4v) is 3.35. The zero-order valence-corrected chi connectivity index (χ0v) is 13.4. The third kappa shape index (κ3) is 5.34. The topological polar surface area (TPSA) is 49.8 Å². The van der Waals surface area contributed by atoms with Gasteiger partial charge in [-0.05, 0) is 30.2 Å². The van der Waals surface area contributed by atoms with E-state index in [4.69, 9.17) is 9.84 Å². The molecule has 0 aromatic heterocycles. The number of hydrogen-bond donors (Lipinski definition) is 1. The van der Waals surface area contributed by atoms with Crippen molar-refractivity contribution < 1.29 is 14.6 Å². The van der Waals surface area contributed by atoms with Gasteiger partial charge in [-0.25, -0.2) is 4.79 Å². The number of nitrogens with zero attached hydrogens (tertiary/aromatic N) is 1. The minimum atomic E-state index is -0.883. The van der Waals surface area contributed by atoms with Gasteiger partial charge in [-0.15, -0.1) is 11.8 Å². The Kier molecular flexibility index (Phi) is 6.08. The van der Waals surface area contributed by atoms with Crippen LogP contribution in [0.5, 0.6) is 0 Å². The first-order valence-electron chi connectivity index (χ1n) is 7.34. The molecule has 0 radical (unpaired) electrons. The normalized spacial score (nSPS) is 19.9. The molecular weight excluding hydrogens is 286 g/mol. The zero-order chi connectivity index (χ0) is 15.2. The number of aromatic carboxylic acids is 1. The Morgan fingerprint density at radius 1 is 1.43 bits per heavy atom. The van der Waals surface area contributed by atoms with E-state index in [-0.39, 0.29) is 6.10 Å². The molecule has 21 heavy (non-hydrogen) atoms. The van der Waals surface area contributed by atoms with Crippen LogP contribution < -0.4 is 0 Å². The summed E-state index contributed by atoms with van der Waals surface area (Å²) in [5.74, 6) is 0.701. The third-order valence-corrected chi connectivity index (χ3v) is 4.53. The predicted octanol–water partition coefficient (Wildman–Crippen LogP) is 2.83. The van der Waals surface area contributed by atoms with Gasteiger partial charge in [0.2, 0.25) is 0 Å². The van der Waals surface area contributed by atoms with E-state index in [0.29, 0.717) is 11.5 Å². The summed E-state index contributed by atoms with van der Waals surface area (Å²) in [5, 5.41) is 8.88. The van der Waals surface area contributed by atoms with Gasteiger partial charge in [-0.2, -0.15) is 0 Å². The SMILES string of the molecule is CC(C)CN1CCOC(CSc2ccc(C(=O)O)cc2)C1. The first kappa shape index (κ1) is 16.3. The number of ether oxygens (including phenoxy) is 1. The van der Waals surface area contributed by atoms with Crippen molar-refractivity contribution in [3.63, 3.8) is 0 Å². The first-order valence-corrected chi connectivity index (χ1v) is 8.33. The van der Waals surface area contributed by atoms with Crippen LogP contribution in [-0.4, -0.2) is 54.1 Å². The van der Waals surface area contributed by atoms with Crippen molar-refractivity contribution in [3.05, 3.63) is 29.8 Å². The standard InChI is InChI=1S/C16H23NO3S/c1-12(2)9-17-7-8-20-14(10-17)11-21-15-5-3-13(4-6-15)16(18)19/h3-6,12,14H,7-11H2,1-2H3,(H,18,19). The number of morpholine rings is 1. The smallest absolute Gasteiger partial charge is 0.335 e. The van der Waals surface area contributed by atoms with Crippen LogP contribution in [0.4, 0.5) is 0 Å². The summed E-state index contributed by atoms with van der Waals surface area (Å²) in [7, 11) is 0. The van der Waals surface area contributed by atoms with Crippen LogP contribution in [0.2, 0.25) is 0 Å². The van der Waals surface area contributed by atoms with E-state index in [2.05, 4.69) is 18.7 Å². The van der Waals surface area contributed by atoms with Gasteiger partial charge < -0.3 is 9.84 Å². The van der Waals surface area contributed by atoms with Crippen LogP contribution in [0.25, 0.3) is 0 Å². The number of hydrogen-bond acceptors (Lipinski definition) is 4. The number of carboxylic acid groups (broad SMARTS) is 1. The zero-order valence-electron chi connectivity index (χ0n) is 12.6. The molecule has 0 spiro atoms. The van der Waals surface area contributed by atoms with E-state index in [0.717, 1.165) is 36.9 Å². The Balaban J connectivity index is 1.80. The Morgan fingerprint density at radius 3 is 2.76 bits per heavy atom. The fraction of sp³-hybridized carbons (Fsp3) is 0.562. The van der Waals surface area contributed by atoms with Crippen LogP contribution in [-0.2, 0) is 4.74 Å². The van der Waals surface area contributed by atoms with Crippen LogP contribution in [0, 0.1) is 5.92 Å². The lowest BCUT2D eigenvalue weighted by molar-refractivity contribution is -0.0191. The quantitative estimate of drug-likeness (QED) is 0.819. The fourth-order valence-electron chi connectivity index (χ4n) is 2.45. The third-order valence-electron chi connectivity index (χ3n) is 3.38. The molecule has 116 valence electrons. The lowest BCUT2D eigenvalue weighted by atomic mass is 10.2. The molecule has 5 heteroatoms. The lowest BCUT2D eigenvalue weighted by Crippen LogP contribution is -2.44. The molecule has 1 fully saturated rings. The molecule has 0 amide bonds. The molecule has 2 rings (SSSR count). The molecule has 1 aliphatic rings. The molecule has 4 nitrogen and oxygen atoms in total. The number of carboxylic acids is 1. The highest BCUT2D eigenvalue weighted by Gasteiger charge is 2.21. The van der Waals surface area contributed by atoms with Crippen molar-refractivity contribution in [2.75, 3.05) is 32.0 Å². The first-order chi connectivity index (χ1) is 10.0. The van der Waals surface area contributed by atoms with E-state index in [1.807, 2.05) is 12.1 Å². The second kappa shape index (κ2) is 7.82. The highest BCUT2D eigenvalue weighted by molar-refractivity contribution is 7.99. The molecular formula is C16H23NO3S. The van der Waals surface area contributed by atoms with Crippen molar-refractivity contribution in [2.45, 2.75) is 24.8 Å². The van der Waals surface area contributed by atoms with Gasteiger partial charge in [-0.1, -0.05) is 13.8 Å². The maximum atomic E-state index is 10.8. The van der Waals surface area contributed by atoms with Crippen LogP contribution in [0.15, 0.2) is 29.2 Å². The Hall–Kier alpha value is -1.04. The van der Waals surface area contributed by atoms with Crippen molar-refractivity contribution in [1.82, 2.24) is 4.90 Å². The van der Waals surface area contributed by atoms with Gasteiger partial charge in [0.15, 0.2) is 0 Å². The Labute approximate surface area is 130 Å². The minimum absolute atomic E-state index is 0.252. The minimum Gasteiger partial charge on any atom is -0.478 e. The maximum absolute atomic E-state index is 10.8. The Morgan fingerprint density at radius 2 is 2.14 bits per heavy atom. The van der Waals surface area contributed by atoms with Crippen molar-refractivity contribution in [2.24, 2.45) is 5.92 Å². The van der Waals surface area contributed by atoms with E-state index >= 15 is 0 Å². The van der Waals surface area contributed by atoms with Gasteiger partial charge in [0.25, 0.3) is 0 Å². The molecule has 1 aromatic rings. The Bertz CT molecular complexity index is 461. The van der Waals surface area contributed by atoms with Crippen molar-refractivity contribution >= 4 is 17.7 Å². The molecule has 1 aliphatic heterocycles. The predicted molar refractivity (Wildman–Crippen MR) is 85.1 cm³/mol. The van der Waals surface area contributed by atoms with Crippen LogP contribution in [0.1, 0.15) is 24.2 Å². The maximum Gasteiger partial charge on any atom is 0.335 e. The lowest BCUT2D eigenvalue weighted by Gasteiger charge is -2.33. The van der Waals surface area contributed by atoms with Crippen molar-refractivity contribution in [1.29, 1.82) is 0 Å². The summed E-state index contributed by atoms with van der Waals surface area (Å²) in [6.07, 6.45) is 0.252. The monoisotopic (exact) mass is 309 g/mol. The molecule has 0 aliphatic carbocycles. The molecule has 1 N–H and O–H groups in total. The summed E-state index contributed by atoms with van der Waals surface area (Å²) >= 11 is 1.72. The number of benzene rings is 1. The van der Waals surface area contributed by atoms with Gasteiger partial charge in [0.05, 0.1) is 18.3 Å². The molecule has 1 unspecified atom stereocenters. The summed E-state index contributed by atoms with van der Waals surface area (Å²) in [6.45, 7) is 8.41. The molecule has 1 aromatic carbocycles. The summed E-state index contributed by atoms with van der Waals surface area (Å²) in [4.78, 5) is 14.4. The van der Waals surface area contributed by atoms with Crippen LogP contribution >= 0.6 is 11.8 Å². The number of carbonyl (C=O) groups is 1. The van der Waals surface area contributed by atoms with E-state index < -0.39 is 5.97 Å². The second-order valence-corrected chi connectivity index (χ2v) is 6.88. The van der Waals surface area contributed by atoms with Gasteiger partial charge in [-0.3, -0.25) is 4.90 Å². The molecule has 1 saturated heterocycles. The van der Waals surface area contributed by atoms with E-state index in [9.17, 15) is 4.79 Å². The van der Waals surface area contributed by atoms with E-state index in [1.54, 1.807) is 23.9 Å². The highest BCUT2D eigenvalue weighted by Crippen LogP contribution is 2.22. The molecule has 1 atom stereocenters.